The maximum Gasteiger partial charge on any atom is 0.120 e. The predicted octanol–water partition coefficient (Wildman–Crippen LogP) is 2.58. The number of ether oxygens (including phenoxy) is 1. The smallest absolute Gasteiger partial charge is 0.120 e. The van der Waals surface area contributed by atoms with Gasteiger partial charge in [0.05, 0.1) is 0 Å². The van der Waals surface area contributed by atoms with Crippen LogP contribution in [0.4, 0.5) is 0 Å². The zero-order valence-corrected chi connectivity index (χ0v) is 9.42. The highest BCUT2D eigenvalue weighted by Gasteiger charge is 2.11. The summed E-state index contributed by atoms with van der Waals surface area (Å²) in [6.45, 7) is 7.04. The third-order valence-corrected chi connectivity index (χ3v) is 1.70. The summed E-state index contributed by atoms with van der Waals surface area (Å²) in [6.07, 6.45) is 0. The second-order valence-corrected chi connectivity index (χ2v) is 4.39. The van der Waals surface area contributed by atoms with E-state index in [4.69, 9.17) is 4.74 Å². The number of nitrogens with one attached hydrogen (secondary N) is 1. The lowest BCUT2D eigenvalue weighted by Crippen LogP contribution is -2.23. The number of hydrogen-bond acceptors (Lipinski definition) is 2. The first-order valence-electron chi connectivity index (χ1n) is 4.94. The van der Waals surface area contributed by atoms with Crippen molar-refractivity contribution in [2.75, 3.05) is 7.05 Å². The maximum atomic E-state index is 5.76. The van der Waals surface area contributed by atoms with E-state index in [0.717, 1.165) is 12.3 Å². The molecule has 0 radical (unpaired) electrons. The van der Waals surface area contributed by atoms with Crippen molar-refractivity contribution in [2.45, 2.75) is 32.9 Å². The van der Waals surface area contributed by atoms with E-state index in [9.17, 15) is 0 Å². The van der Waals surface area contributed by atoms with Crippen LogP contribution >= 0.6 is 0 Å². The molecule has 1 rings (SSSR count). The summed E-state index contributed by atoms with van der Waals surface area (Å²) in [5, 5.41) is 3.12. The fraction of sp³-hybridized carbons (Fsp3) is 0.500. The molecule has 78 valence electrons. The van der Waals surface area contributed by atoms with Gasteiger partial charge in [0.1, 0.15) is 11.4 Å². The Balaban J connectivity index is 2.73. The van der Waals surface area contributed by atoms with Crippen LogP contribution in [0.5, 0.6) is 5.75 Å². The first-order chi connectivity index (χ1) is 6.51. The summed E-state index contributed by atoms with van der Waals surface area (Å²) in [5.74, 6) is 0.935. The van der Waals surface area contributed by atoms with Crippen LogP contribution in [-0.4, -0.2) is 12.6 Å². The largest absolute Gasteiger partial charge is 0.488 e. The molecule has 0 saturated carbocycles. The maximum absolute atomic E-state index is 5.76. The zero-order valence-electron chi connectivity index (χ0n) is 9.42. The Bertz CT molecular complexity index is 289. The van der Waals surface area contributed by atoms with Crippen molar-refractivity contribution in [1.29, 1.82) is 0 Å². The minimum absolute atomic E-state index is 0.127. The molecule has 0 aliphatic heterocycles. The van der Waals surface area contributed by atoms with Gasteiger partial charge in [-0.25, -0.2) is 0 Å². The summed E-state index contributed by atoms with van der Waals surface area (Å²) >= 11 is 0. The second kappa shape index (κ2) is 4.47. The first kappa shape index (κ1) is 11.1. The quantitative estimate of drug-likeness (QED) is 0.796. The average Bonchev–Trinajstić information content (AvgIpc) is 2.02. The molecule has 0 aliphatic rings. The Morgan fingerprint density at radius 2 is 2.00 bits per heavy atom. The molecule has 1 N–H and O–H groups in total. The minimum atomic E-state index is -0.127. The van der Waals surface area contributed by atoms with Crippen molar-refractivity contribution < 1.29 is 4.74 Å². The normalized spacial score (nSPS) is 11.4. The SMILES string of the molecule is CNCc1cccc(OC(C)(C)C)c1. The summed E-state index contributed by atoms with van der Waals surface area (Å²) in [7, 11) is 1.94. The molecular formula is C12H19NO. The van der Waals surface area contributed by atoms with Gasteiger partial charge in [-0.2, -0.15) is 0 Å². The molecule has 0 fully saturated rings. The van der Waals surface area contributed by atoms with E-state index in [-0.39, 0.29) is 5.60 Å². The van der Waals surface area contributed by atoms with Gasteiger partial charge < -0.3 is 10.1 Å². The highest BCUT2D eigenvalue weighted by Crippen LogP contribution is 2.19. The molecule has 2 heteroatoms. The number of benzene rings is 1. The van der Waals surface area contributed by atoms with Gasteiger partial charge in [0.25, 0.3) is 0 Å². The van der Waals surface area contributed by atoms with Crippen LogP contribution in [0.2, 0.25) is 0 Å². The lowest BCUT2D eigenvalue weighted by atomic mass is 10.1. The van der Waals surface area contributed by atoms with Crippen LogP contribution in [0.15, 0.2) is 24.3 Å². The Hall–Kier alpha value is -1.02. The van der Waals surface area contributed by atoms with Crippen LogP contribution in [0.1, 0.15) is 26.3 Å². The molecule has 0 bridgehead atoms. The molecule has 0 saturated heterocycles. The van der Waals surface area contributed by atoms with Crippen LogP contribution in [0.25, 0.3) is 0 Å². The van der Waals surface area contributed by atoms with Crippen molar-refractivity contribution >= 4 is 0 Å². The molecular weight excluding hydrogens is 174 g/mol. The molecule has 2 nitrogen and oxygen atoms in total. The molecule has 0 aliphatic carbocycles. The Morgan fingerprint density at radius 3 is 2.57 bits per heavy atom. The van der Waals surface area contributed by atoms with Gasteiger partial charge in [0.2, 0.25) is 0 Å². The van der Waals surface area contributed by atoms with Gasteiger partial charge in [-0.15, -0.1) is 0 Å². The standard InChI is InChI=1S/C12H19NO/c1-12(2,3)14-11-7-5-6-10(8-11)9-13-4/h5-8,13H,9H2,1-4H3. The van der Waals surface area contributed by atoms with Crippen molar-refractivity contribution in [3.63, 3.8) is 0 Å². The average molecular weight is 193 g/mol. The highest BCUT2D eigenvalue weighted by atomic mass is 16.5. The van der Waals surface area contributed by atoms with E-state index in [1.807, 2.05) is 19.2 Å². The fourth-order valence-electron chi connectivity index (χ4n) is 1.28. The first-order valence-corrected chi connectivity index (χ1v) is 4.94. The van der Waals surface area contributed by atoms with Gasteiger partial charge in [0.15, 0.2) is 0 Å². The summed E-state index contributed by atoms with van der Waals surface area (Å²) in [5.41, 5.74) is 1.12. The van der Waals surface area contributed by atoms with Gasteiger partial charge in [0, 0.05) is 6.54 Å². The summed E-state index contributed by atoms with van der Waals surface area (Å²) < 4.78 is 5.76. The van der Waals surface area contributed by atoms with Gasteiger partial charge in [-0.05, 0) is 45.5 Å². The van der Waals surface area contributed by atoms with Crippen molar-refractivity contribution in [3.8, 4) is 5.75 Å². The zero-order chi connectivity index (χ0) is 10.6. The van der Waals surface area contributed by atoms with Crippen LogP contribution < -0.4 is 10.1 Å². The second-order valence-electron chi connectivity index (χ2n) is 4.39. The number of rotatable bonds is 3. The molecule has 1 aromatic carbocycles. The lowest BCUT2D eigenvalue weighted by Gasteiger charge is -2.21. The van der Waals surface area contributed by atoms with Crippen LogP contribution in [0, 0.1) is 0 Å². The Morgan fingerprint density at radius 1 is 1.29 bits per heavy atom. The monoisotopic (exact) mass is 193 g/mol. The Kier molecular flexibility index (Phi) is 3.53. The fourth-order valence-corrected chi connectivity index (χ4v) is 1.28. The molecule has 0 unspecified atom stereocenters. The van der Waals surface area contributed by atoms with E-state index in [1.165, 1.54) is 5.56 Å². The Labute approximate surface area is 86.3 Å². The molecule has 0 spiro atoms. The highest BCUT2D eigenvalue weighted by molar-refractivity contribution is 5.28. The molecule has 0 amide bonds. The molecule has 14 heavy (non-hydrogen) atoms. The van der Waals surface area contributed by atoms with Gasteiger partial charge in [-0.1, -0.05) is 12.1 Å². The topological polar surface area (TPSA) is 21.3 Å². The van der Waals surface area contributed by atoms with Crippen molar-refractivity contribution in [2.24, 2.45) is 0 Å². The molecule has 1 aromatic rings. The van der Waals surface area contributed by atoms with Gasteiger partial charge in [-0.3, -0.25) is 0 Å². The van der Waals surface area contributed by atoms with E-state index in [1.54, 1.807) is 0 Å². The van der Waals surface area contributed by atoms with E-state index < -0.39 is 0 Å². The van der Waals surface area contributed by atoms with Crippen LogP contribution in [0.3, 0.4) is 0 Å². The van der Waals surface area contributed by atoms with Crippen molar-refractivity contribution in [1.82, 2.24) is 5.32 Å². The van der Waals surface area contributed by atoms with E-state index in [0.29, 0.717) is 0 Å². The van der Waals surface area contributed by atoms with Crippen LogP contribution in [-0.2, 0) is 6.54 Å². The van der Waals surface area contributed by atoms with E-state index in [2.05, 4.69) is 38.2 Å². The van der Waals surface area contributed by atoms with E-state index >= 15 is 0 Å². The molecule has 0 heterocycles. The van der Waals surface area contributed by atoms with Gasteiger partial charge >= 0.3 is 0 Å². The lowest BCUT2D eigenvalue weighted by molar-refractivity contribution is 0.131. The minimum Gasteiger partial charge on any atom is -0.488 e. The third-order valence-electron chi connectivity index (χ3n) is 1.70. The third kappa shape index (κ3) is 3.79. The van der Waals surface area contributed by atoms with Crippen molar-refractivity contribution in [3.05, 3.63) is 29.8 Å². The molecule has 0 aromatic heterocycles. The summed E-state index contributed by atoms with van der Waals surface area (Å²) in [6, 6.07) is 8.17. The number of hydrogen-bond donors (Lipinski definition) is 1. The molecule has 0 atom stereocenters. The predicted molar refractivity (Wildman–Crippen MR) is 59.6 cm³/mol. The summed E-state index contributed by atoms with van der Waals surface area (Å²) in [4.78, 5) is 0.